The smallest absolute Gasteiger partial charge is 0.273 e. The van der Waals surface area contributed by atoms with Gasteiger partial charge in [-0.2, -0.15) is 0 Å². The number of para-hydroxylation sites is 1. The molecule has 100 valence electrons. The van der Waals surface area contributed by atoms with Gasteiger partial charge in [-0.3, -0.25) is 14.9 Å². The third-order valence-electron chi connectivity index (χ3n) is 2.24. The summed E-state index contributed by atoms with van der Waals surface area (Å²) in [4.78, 5) is 21.7. The van der Waals surface area contributed by atoms with Gasteiger partial charge in [0.25, 0.3) is 5.69 Å². The van der Waals surface area contributed by atoms with E-state index in [4.69, 9.17) is 5.73 Å². The minimum absolute atomic E-state index is 0. The fraction of sp³-hybridized carbons (Fsp3) is 0.364. The molecule has 0 saturated carbocycles. The van der Waals surface area contributed by atoms with Gasteiger partial charge in [-0.1, -0.05) is 18.2 Å². The lowest BCUT2D eigenvalue weighted by atomic mass is 10.1. The largest absolute Gasteiger partial charge is 0.356 e. The summed E-state index contributed by atoms with van der Waals surface area (Å²) in [6.07, 6.45) is 0.713. The topological polar surface area (TPSA) is 98.3 Å². The molecule has 0 atom stereocenters. The number of nitrogens with one attached hydrogen (secondary N) is 1. The van der Waals surface area contributed by atoms with Crippen LogP contribution in [0.1, 0.15) is 12.0 Å². The van der Waals surface area contributed by atoms with Gasteiger partial charge < -0.3 is 11.1 Å². The first-order valence-electron chi connectivity index (χ1n) is 5.34. The highest BCUT2D eigenvalue weighted by atomic mass is 35.5. The first-order valence-corrected chi connectivity index (χ1v) is 5.34. The predicted octanol–water partition coefficient (Wildman–Crippen LogP) is 1.02. The number of nitrogens with two attached hydrogens (primary N) is 1. The molecule has 0 spiro atoms. The van der Waals surface area contributed by atoms with E-state index in [-0.39, 0.29) is 30.4 Å². The number of carbonyl (C=O) groups excluding carboxylic acids is 1. The Balaban J connectivity index is 0.00000289. The monoisotopic (exact) mass is 273 g/mol. The van der Waals surface area contributed by atoms with E-state index in [0.29, 0.717) is 25.1 Å². The Labute approximate surface area is 111 Å². The molecule has 0 radical (unpaired) electrons. The molecular weight excluding hydrogens is 258 g/mol. The van der Waals surface area contributed by atoms with E-state index in [9.17, 15) is 14.9 Å². The van der Waals surface area contributed by atoms with Gasteiger partial charge in [0, 0.05) is 18.2 Å². The minimum Gasteiger partial charge on any atom is -0.356 e. The van der Waals surface area contributed by atoms with Gasteiger partial charge in [0.2, 0.25) is 5.91 Å². The van der Waals surface area contributed by atoms with Crippen molar-refractivity contribution in [1.29, 1.82) is 0 Å². The molecule has 0 aromatic heterocycles. The Morgan fingerprint density at radius 3 is 2.67 bits per heavy atom. The second kappa shape index (κ2) is 8.43. The van der Waals surface area contributed by atoms with Crippen LogP contribution >= 0.6 is 12.4 Å². The Kier molecular flexibility index (Phi) is 7.66. The fourth-order valence-electron chi connectivity index (χ4n) is 1.40. The highest BCUT2D eigenvalue weighted by Crippen LogP contribution is 2.17. The predicted molar refractivity (Wildman–Crippen MR) is 70.7 cm³/mol. The lowest BCUT2D eigenvalue weighted by Crippen LogP contribution is -2.27. The molecule has 1 amide bonds. The standard InChI is InChI=1S/C11H15N3O3.ClH/c12-6-3-7-13-11(15)8-9-4-1-2-5-10(9)14(16)17;/h1-2,4-5H,3,6-8,12H2,(H,13,15);1H. The van der Waals surface area contributed by atoms with Gasteiger partial charge >= 0.3 is 0 Å². The van der Waals surface area contributed by atoms with Crippen LogP contribution in [-0.4, -0.2) is 23.9 Å². The van der Waals surface area contributed by atoms with Crippen LogP contribution in [0.25, 0.3) is 0 Å². The number of nitrogens with zero attached hydrogens (tertiary/aromatic N) is 1. The van der Waals surface area contributed by atoms with Crippen molar-refractivity contribution in [2.75, 3.05) is 13.1 Å². The number of carbonyl (C=O) groups is 1. The molecule has 0 unspecified atom stereocenters. The first kappa shape index (κ1) is 16.3. The van der Waals surface area contributed by atoms with E-state index < -0.39 is 4.92 Å². The summed E-state index contributed by atoms with van der Waals surface area (Å²) in [6, 6.07) is 6.23. The number of halogens is 1. The summed E-state index contributed by atoms with van der Waals surface area (Å²) < 4.78 is 0. The summed E-state index contributed by atoms with van der Waals surface area (Å²) >= 11 is 0. The van der Waals surface area contributed by atoms with Crippen molar-refractivity contribution in [3.05, 3.63) is 39.9 Å². The highest BCUT2D eigenvalue weighted by molar-refractivity contribution is 5.85. The summed E-state index contributed by atoms with van der Waals surface area (Å²) in [5, 5.41) is 13.4. The number of amides is 1. The summed E-state index contributed by atoms with van der Waals surface area (Å²) in [6.45, 7) is 1.00. The molecule has 18 heavy (non-hydrogen) atoms. The number of rotatable bonds is 6. The molecule has 7 heteroatoms. The van der Waals surface area contributed by atoms with Crippen LogP contribution in [-0.2, 0) is 11.2 Å². The van der Waals surface area contributed by atoms with Crippen molar-refractivity contribution in [1.82, 2.24) is 5.32 Å². The van der Waals surface area contributed by atoms with E-state index in [1.165, 1.54) is 6.07 Å². The fourth-order valence-corrected chi connectivity index (χ4v) is 1.40. The van der Waals surface area contributed by atoms with Crippen LogP contribution in [0.5, 0.6) is 0 Å². The molecule has 0 saturated heterocycles. The van der Waals surface area contributed by atoms with Crippen molar-refractivity contribution >= 4 is 24.0 Å². The third kappa shape index (κ3) is 5.11. The molecule has 0 aliphatic rings. The molecule has 0 heterocycles. The maximum absolute atomic E-state index is 11.5. The Morgan fingerprint density at radius 2 is 2.06 bits per heavy atom. The zero-order chi connectivity index (χ0) is 12.7. The van der Waals surface area contributed by atoms with Gasteiger partial charge in [0.05, 0.1) is 11.3 Å². The average molecular weight is 274 g/mol. The summed E-state index contributed by atoms with van der Waals surface area (Å²) in [5.74, 6) is -0.229. The zero-order valence-corrected chi connectivity index (χ0v) is 10.6. The Morgan fingerprint density at radius 1 is 1.39 bits per heavy atom. The Hall–Kier alpha value is -1.66. The molecule has 1 aromatic rings. The number of benzene rings is 1. The van der Waals surface area contributed by atoms with Crippen LogP contribution in [0.15, 0.2) is 24.3 Å². The number of nitro benzene ring substituents is 1. The van der Waals surface area contributed by atoms with Crippen molar-refractivity contribution in [3.63, 3.8) is 0 Å². The number of hydrogen-bond acceptors (Lipinski definition) is 4. The SMILES string of the molecule is Cl.NCCCNC(=O)Cc1ccccc1[N+](=O)[O-]. The number of hydrogen-bond donors (Lipinski definition) is 2. The van der Waals surface area contributed by atoms with Gasteiger partial charge in [-0.25, -0.2) is 0 Å². The lowest BCUT2D eigenvalue weighted by Gasteiger charge is -2.04. The van der Waals surface area contributed by atoms with E-state index in [0.717, 1.165) is 0 Å². The maximum atomic E-state index is 11.5. The van der Waals surface area contributed by atoms with Crippen LogP contribution in [0.2, 0.25) is 0 Å². The maximum Gasteiger partial charge on any atom is 0.273 e. The second-order valence-corrected chi connectivity index (χ2v) is 3.55. The summed E-state index contributed by atoms with van der Waals surface area (Å²) in [5.41, 5.74) is 5.68. The normalized spacial score (nSPS) is 9.39. The van der Waals surface area contributed by atoms with Crippen molar-refractivity contribution in [2.45, 2.75) is 12.8 Å². The van der Waals surface area contributed by atoms with Crippen LogP contribution in [0.4, 0.5) is 5.69 Å². The van der Waals surface area contributed by atoms with Gasteiger partial charge in [-0.15, -0.1) is 12.4 Å². The molecule has 6 nitrogen and oxygen atoms in total. The van der Waals surface area contributed by atoms with E-state index in [1.54, 1.807) is 18.2 Å². The van der Waals surface area contributed by atoms with E-state index in [2.05, 4.69) is 5.32 Å². The highest BCUT2D eigenvalue weighted by Gasteiger charge is 2.14. The molecule has 1 aromatic carbocycles. The third-order valence-corrected chi connectivity index (χ3v) is 2.24. The number of nitro groups is 1. The summed E-state index contributed by atoms with van der Waals surface area (Å²) in [7, 11) is 0. The molecule has 0 aliphatic heterocycles. The molecule has 0 aliphatic carbocycles. The second-order valence-electron chi connectivity index (χ2n) is 3.55. The molecule has 0 fully saturated rings. The lowest BCUT2D eigenvalue weighted by molar-refractivity contribution is -0.385. The van der Waals surface area contributed by atoms with E-state index >= 15 is 0 Å². The van der Waals surface area contributed by atoms with Crippen LogP contribution in [0, 0.1) is 10.1 Å². The van der Waals surface area contributed by atoms with Gasteiger partial charge in [0.15, 0.2) is 0 Å². The van der Waals surface area contributed by atoms with Crippen molar-refractivity contribution < 1.29 is 9.72 Å². The van der Waals surface area contributed by atoms with Crippen molar-refractivity contribution in [2.24, 2.45) is 5.73 Å². The quantitative estimate of drug-likeness (QED) is 0.459. The first-order chi connectivity index (χ1) is 8.15. The zero-order valence-electron chi connectivity index (χ0n) is 9.80. The molecule has 3 N–H and O–H groups in total. The van der Waals surface area contributed by atoms with Crippen LogP contribution in [0.3, 0.4) is 0 Å². The van der Waals surface area contributed by atoms with Gasteiger partial charge in [-0.05, 0) is 13.0 Å². The molecular formula is C11H16ClN3O3. The molecule has 1 rings (SSSR count). The van der Waals surface area contributed by atoms with Crippen molar-refractivity contribution in [3.8, 4) is 0 Å². The minimum atomic E-state index is -0.484. The van der Waals surface area contributed by atoms with Crippen LogP contribution < -0.4 is 11.1 Å². The molecule has 0 bridgehead atoms. The van der Waals surface area contributed by atoms with E-state index in [1.807, 2.05) is 0 Å². The Bertz CT molecular complexity index is 412. The average Bonchev–Trinajstić information content (AvgIpc) is 2.29. The van der Waals surface area contributed by atoms with Gasteiger partial charge in [0.1, 0.15) is 0 Å².